The number of carbonyl (C=O) groups excluding carboxylic acids is 1. The molecule has 1 atom stereocenters. The zero-order valence-electron chi connectivity index (χ0n) is 10.1. The molecular weight excluding hydrogens is 204 g/mol. The Labute approximate surface area is 93.8 Å². The Balaban J connectivity index is 2.47. The van der Waals surface area contributed by atoms with Gasteiger partial charge in [-0.1, -0.05) is 12.2 Å². The van der Waals surface area contributed by atoms with Gasteiger partial charge in [0.1, 0.15) is 0 Å². The minimum absolute atomic E-state index is 0.0458. The molecule has 0 amide bonds. The van der Waals surface area contributed by atoms with Crippen molar-refractivity contribution in [3.63, 3.8) is 0 Å². The number of allylic oxidation sites excluding steroid dienone is 2. The summed E-state index contributed by atoms with van der Waals surface area (Å²) in [6, 6.07) is 0. The Hall–Kier alpha value is -0.573. The average molecular weight is 226 g/mol. The van der Waals surface area contributed by atoms with Crippen molar-refractivity contribution < 1.29 is 9.22 Å². The van der Waals surface area contributed by atoms with Crippen LogP contribution in [0.4, 0.5) is 0 Å². The van der Waals surface area contributed by atoms with Crippen LogP contribution in [0, 0.1) is 5.92 Å². The van der Waals surface area contributed by atoms with Gasteiger partial charge in [0.2, 0.25) is 8.32 Å². The molecule has 0 saturated carbocycles. The molecule has 1 aliphatic rings. The predicted octanol–water partition coefficient (Wildman–Crippen LogP) is 3.50. The first-order chi connectivity index (χ1) is 6.99. The van der Waals surface area contributed by atoms with Gasteiger partial charge in [0.05, 0.1) is 5.92 Å². The smallest absolute Gasteiger partial charge is 0.295 e. The maximum absolute atomic E-state index is 11.9. The lowest BCUT2D eigenvalue weighted by molar-refractivity contribution is -0.140. The molecule has 3 heteroatoms. The fourth-order valence-electron chi connectivity index (χ4n) is 1.78. The first kappa shape index (κ1) is 12.5. The summed E-state index contributed by atoms with van der Waals surface area (Å²) in [6.45, 7) is 6.19. The van der Waals surface area contributed by atoms with Gasteiger partial charge in [0.25, 0.3) is 5.97 Å². The zero-order chi connectivity index (χ0) is 11.3. The van der Waals surface area contributed by atoms with Crippen molar-refractivity contribution in [1.82, 2.24) is 0 Å². The van der Waals surface area contributed by atoms with E-state index in [4.69, 9.17) is 4.43 Å². The second kappa shape index (κ2) is 5.49. The van der Waals surface area contributed by atoms with Crippen molar-refractivity contribution >= 4 is 14.3 Å². The molecule has 1 rings (SSSR count). The minimum Gasteiger partial charge on any atom is -0.520 e. The summed E-state index contributed by atoms with van der Waals surface area (Å²) in [4.78, 5) is 11.9. The molecule has 0 aromatic carbocycles. The van der Waals surface area contributed by atoms with Crippen LogP contribution in [0.5, 0.6) is 0 Å². The van der Waals surface area contributed by atoms with Gasteiger partial charge in [-0.2, -0.15) is 0 Å². The SMILES string of the molecule is C[Si](C)(C)OC(=O)C1CC/C=C\CCC1. The maximum atomic E-state index is 11.9. The first-order valence-electron chi connectivity index (χ1n) is 5.87. The van der Waals surface area contributed by atoms with Crippen LogP contribution in [0.2, 0.25) is 19.6 Å². The van der Waals surface area contributed by atoms with Crippen LogP contribution >= 0.6 is 0 Å². The Kier molecular flexibility index (Phi) is 4.58. The predicted molar refractivity (Wildman–Crippen MR) is 65.2 cm³/mol. The molecule has 86 valence electrons. The highest BCUT2D eigenvalue weighted by atomic mass is 28.4. The lowest BCUT2D eigenvalue weighted by atomic mass is 9.94. The third kappa shape index (κ3) is 5.16. The molecule has 0 bridgehead atoms. The molecule has 15 heavy (non-hydrogen) atoms. The van der Waals surface area contributed by atoms with Crippen LogP contribution in [-0.4, -0.2) is 14.3 Å². The quantitative estimate of drug-likeness (QED) is 0.532. The molecule has 1 unspecified atom stereocenters. The molecule has 0 saturated heterocycles. The molecular formula is C12H22O2Si. The normalized spacial score (nSPS) is 25.1. The highest BCUT2D eigenvalue weighted by molar-refractivity contribution is 6.71. The largest absolute Gasteiger partial charge is 0.520 e. The molecule has 1 aliphatic carbocycles. The summed E-state index contributed by atoms with van der Waals surface area (Å²) in [6.07, 6.45) is 9.60. The molecule has 2 nitrogen and oxygen atoms in total. The van der Waals surface area contributed by atoms with Crippen molar-refractivity contribution in [3.05, 3.63) is 12.2 Å². The van der Waals surface area contributed by atoms with E-state index in [2.05, 4.69) is 31.8 Å². The standard InChI is InChI=1S/C12H22O2Si/c1-15(2,3)14-12(13)11-9-7-5-4-6-8-10-11/h4-5,11H,6-10H2,1-3H3/b5-4-. The van der Waals surface area contributed by atoms with Crippen LogP contribution in [0.1, 0.15) is 32.1 Å². The van der Waals surface area contributed by atoms with Gasteiger partial charge in [0, 0.05) is 0 Å². The lowest BCUT2D eigenvalue weighted by Gasteiger charge is -2.23. The summed E-state index contributed by atoms with van der Waals surface area (Å²) in [5, 5.41) is 0. The molecule has 0 aliphatic heterocycles. The Morgan fingerprint density at radius 3 is 2.53 bits per heavy atom. The summed E-state index contributed by atoms with van der Waals surface area (Å²) in [5.41, 5.74) is 0. The highest BCUT2D eigenvalue weighted by Gasteiger charge is 2.26. The Morgan fingerprint density at radius 2 is 1.87 bits per heavy atom. The monoisotopic (exact) mass is 226 g/mol. The van der Waals surface area contributed by atoms with E-state index in [9.17, 15) is 4.79 Å². The Morgan fingerprint density at radius 1 is 1.20 bits per heavy atom. The summed E-state index contributed by atoms with van der Waals surface area (Å²) < 4.78 is 5.55. The summed E-state index contributed by atoms with van der Waals surface area (Å²) in [7, 11) is -1.70. The van der Waals surface area contributed by atoms with E-state index in [1.165, 1.54) is 0 Å². The molecule has 0 N–H and O–H groups in total. The fourth-order valence-corrected chi connectivity index (χ4v) is 2.55. The minimum atomic E-state index is -1.70. The van der Waals surface area contributed by atoms with Crippen molar-refractivity contribution in [1.29, 1.82) is 0 Å². The van der Waals surface area contributed by atoms with Crippen LogP contribution in [0.15, 0.2) is 12.2 Å². The number of rotatable bonds is 2. The van der Waals surface area contributed by atoms with Gasteiger partial charge in [0.15, 0.2) is 0 Å². The number of hydrogen-bond acceptors (Lipinski definition) is 2. The third-order valence-corrected chi connectivity index (χ3v) is 3.33. The maximum Gasteiger partial charge on any atom is 0.295 e. The molecule has 0 heterocycles. The lowest BCUT2D eigenvalue weighted by Crippen LogP contribution is -2.33. The molecule has 0 aromatic heterocycles. The van der Waals surface area contributed by atoms with Gasteiger partial charge in [-0.15, -0.1) is 0 Å². The van der Waals surface area contributed by atoms with Crippen LogP contribution in [0.3, 0.4) is 0 Å². The van der Waals surface area contributed by atoms with Crippen molar-refractivity contribution in [2.24, 2.45) is 5.92 Å². The van der Waals surface area contributed by atoms with E-state index in [1.807, 2.05) is 0 Å². The number of carbonyl (C=O) groups is 1. The highest BCUT2D eigenvalue weighted by Crippen LogP contribution is 2.21. The topological polar surface area (TPSA) is 26.3 Å². The zero-order valence-corrected chi connectivity index (χ0v) is 11.1. The average Bonchev–Trinajstić information content (AvgIpc) is 1.98. The van der Waals surface area contributed by atoms with Crippen LogP contribution in [0.25, 0.3) is 0 Å². The van der Waals surface area contributed by atoms with Gasteiger partial charge >= 0.3 is 0 Å². The first-order valence-corrected chi connectivity index (χ1v) is 9.28. The van der Waals surface area contributed by atoms with Crippen molar-refractivity contribution in [3.8, 4) is 0 Å². The Bertz CT molecular complexity index is 240. The van der Waals surface area contributed by atoms with Gasteiger partial charge in [-0.05, 0) is 51.7 Å². The van der Waals surface area contributed by atoms with Gasteiger partial charge in [-0.3, -0.25) is 4.79 Å². The fraction of sp³-hybridized carbons (Fsp3) is 0.750. The van der Waals surface area contributed by atoms with Crippen LogP contribution in [-0.2, 0) is 9.22 Å². The van der Waals surface area contributed by atoms with E-state index < -0.39 is 8.32 Å². The number of hydrogen-bond donors (Lipinski definition) is 0. The van der Waals surface area contributed by atoms with Crippen molar-refractivity contribution in [2.45, 2.75) is 51.7 Å². The van der Waals surface area contributed by atoms with Crippen LogP contribution < -0.4 is 0 Å². The molecule has 0 spiro atoms. The summed E-state index contributed by atoms with van der Waals surface area (Å²) in [5.74, 6) is 0.186. The van der Waals surface area contributed by atoms with E-state index in [1.54, 1.807) is 0 Å². The molecule has 0 radical (unpaired) electrons. The van der Waals surface area contributed by atoms with E-state index >= 15 is 0 Å². The third-order valence-electron chi connectivity index (χ3n) is 2.51. The second-order valence-corrected chi connectivity index (χ2v) is 9.64. The molecule has 0 aromatic rings. The van der Waals surface area contributed by atoms with Crippen molar-refractivity contribution in [2.75, 3.05) is 0 Å². The van der Waals surface area contributed by atoms with Gasteiger partial charge in [-0.25, -0.2) is 0 Å². The van der Waals surface area contributed by atoms with E-state index in [0.717, 1.165) is 32.1 Å². The van der Waals surface area contributed by atoms with Gasteiger partial charge < -0.3 is 4.43 Å². The second-order valence-electron chi connectivity index (χ2n) is 5.21. The van der Waals surface area contributed by atoms with E-state index in [-0.39, 0.29) is 11.9 Å². The summed E-state index contributed by atoms with van der Waals surface area (Å²) >= 11 is 0. The van der Waals surface area contributed by atoms with E-state index in [0.29, 0.717) is 0 Å². The molecule has 0 fully saturated rings.